The van der Waals surface area contributed by atoms with Crippen LogP contribution in [0.25, 0.3) is 0 Å². The molecule has 0 aromatic rings. The summed E-state index contributed by atoms with van der Waals surface area (Å²) in [6.07, 6.45) is 2.75. The van der Waals surface area contributed by atoms with Crippen LogP contribution in [0.2, 0.25) is 0 Å². The SMILES string of the molecule is COCCCOCC(N)(C(N)=O)C1CC1. The Kier molecular flexibility index (Phi) is 4.50. The summed E-state index contributed by atoms with van der Waals surface area (Å²) in [7, 11) is 1.64. The standard InChI is InChI=1S/C10H20N2O3/c1-14-5-2-6-15-7-10(12,9(11)13)8-3-4-8/h8H,2-7,12H2,1H3,(H2,11,13). The van der Waals surface area contributed by atoms with Crippen molar-refractivity contribution in [1.82, 2.24) is 0 Å². The van der Waals surface area contributed by atoms with E-state index >= 15 is 0 Å². The summed E-state index contributed by atoms with van der Waals surface area (Å²) in [6, 6.07) is 0. The van der Waals surface area contributed by atoms with Gasteiger partial charge in [-0.15, -0.1) is 0 Å². The predicted molar refractivity (Wildman–Crippen MR) is 56.1 cm³/mol. The zero-order chi connectivity index (χ0) is 11.3. The lowest BCUT2D eigenvalue weighted by atomic mass is 9.95. The molecule has 5 nitrogen and oxygen atoms in total. The summed E-state index contributed by atoms with van der Waals surface area (Å²) < 4.78 is 10.2. The zero-order valence-corrected chi connectivity index (χ0v) is 9.20. The van der Waals surface area contributed by atoms with Gasteiger partial charge in [0.1, 0.15) is 5.54 Å². The number of hydrogen-bond donors (Lipinski definition) is 2. The molecule has 1 rings (SSSR count). The Morgan fingerprint density at radius 2 is 2.13 bits per heavy atom. The van der Waals surface area contributed by atoms with E-state index in [9.17, 15) is 4.79 Å². The van der Waals surface area contributed by atoms with Crippen LogP contribution < -0.4 is 11.5 Å². The second-order valence-electron chi connectivity index (χ2n) is 4.08. The van der Waals surface area contributed by atoms with E-state index in [4.69, 9.17) is 20.9 Å². The van der Waals surface area contributed by atoms with Gasteiger partial charge in [-0.2, -0.15) is 0 Å². The molecule has 1 fully saturated rings. The van der Waals surface area contributed by atoms with E-state index in [0.29, 0.717) is 13.2 Å². The normalized spacial score (nSPS) is 19.9. The van der Waals surface area contributed by atoms with Gasteiger partial charge < -0.3 is 20.9 Å². The summed E-state index contributed by atoms with van der Waals surface area (Å²) in [5.74, 6) is -0.255. The Balaban J connectivity index is 2.23. The summed E-state index contributed by atoms with van der Waals surface area (Å²) >= 11 is 0. The topological polar surface area (TPSA) is 87.6 Å². The number of ether oxygens (including phenoxy) is 2. The second-order valence-corrected chi connectivity index (χ2v) is 4.08. The molecule has 15 heavy (non-hydrogen) atoms. The van der Waals surface area contributed by atoms with E-state index in [0.717, 1.165) is 19.3 Å². The minimum atomic E-state index is -0.965. The van der Waals surface area contributed by atoms with Crippen LogP contribution in [-0.2, 0) is 14.3 Å². The van der Waals surface area contributed by atoms with E-state index in [1.165, 1.54) is 0 Å². The van der Waals surface area contributed by atoms with E-state index in [1.807, 2.05) is 0 Å². The van der Waals surface area contributed by atoms with Crippen LogP contribution in [-0.4, -0.2) is 38.4 Å². The van der Waals surface area contributed by atoms with E-state index in [2.05, 4.69) is 0 Å². The molecule has 0 heterocycles. The van der Waals surface area contributed by atoms with Gasteiger partial charge in [0, 0.05) is 20.3 Å². The molecule has 1 atom stereocenters. The summed E-state index contributed by atoms with van der Waals surface area (Å²) in [4.78, 5) is 11.2. The Bertz CT molecular complexity index is 219. The molecular weight excluding hydrogens is 196 g/mol. The van der Waals surface area contributed by atoms with Crippen molar-refractivity contribution in [2.45, 2.75) is 24.8 Å². The third kappa shape index (κ3) is 3.44. The molecule has 1 amide bonds. The molecule has 0 radical (unpaired) electrons. The fourth-order valence-corrected chi connectivity index (χ4v) is 1.54. The highest BCUT2D eigenvalue weighted by Crippen LogP contribution is 2.38. The van der Waals surface area contributed by atoms with Crippen molar-refractivity contribution in [2.24, 2.45) is 17.4 Å². The van der Waals surface area contributed by atoms with Gasteiger partial charge in [0.25, 0.3) is 0 Å². The third-order valence-electron chi connectivity index (χ3n) is 2.74. The number of rotatable bonds is 8. The molecule has 0 bridgehead atoms. The van der Waals surface area contributed by atoms with Crippen molar-refractivity contribution in [3.05, 3.63) is 0 Å². The molecule has 5 heteroatoms. The first-order valence-corrected chi connectivity index (χ1v) is 5.26. The first-order valence-electron chi connectivity index (χ1n) is 5.26. The summed E-state index contributed by atoms with van der Waals surface area (Å²) in [5.41, 5.74) is 10.2. The molecule has 0 saturated heterocycles. The van der Waals surface area contributed by atoms with Crippen molar-refractivity contribution in [3.8, 4) is 0 Å². The largest absolute Gasteiger partial charge is 0.385 e. The number of hydrogen-bond acceptors (Lipinski definition) is 4. The maximum atomic E-state index is 11.2. The first-order chi connectivity index (χ1) is 7.11. The van der Waals surface area contributed by atoms with Crippen LogP contribution in [0.15, 0.2) is 0 Å². The van der Waals surface area contributed by atoms with E-state index < -0.39 is 11.4 Å². The Morgan fingerprint density at radius 1 is 1.47 bits per heavy atom. The number of methoxy groups -OCH3 is 1. The molecule has 0 spiro atoms. The van der Waals surface area contributed by atoms with E-state index in [-0.39, 0.29) is 12.5 Å². The van der Waals surface area contributed by atoms with Crippen molar-refractivity contribution >= 4 is 5.91 Å². The molecule has 1 aliphatic carbocycles. The highest BCUT2D eigenvalue weighted by atomic mass is 16.5. The molecule has 0 aromatic carbocycles. The van der Waals surface area contributed by atoms with Gasteiger partial charge in [-0.3, -0.25) is 4.79 Å². The Hall–Kier alpha value is -0.650. The van der Waals surface area contributed by atoms with Gasteiger partial charge >= 0.3 is 0 Å². The number of primary amides is 1. The Labute approximate surface area is 90.1 Å². The smallest absolute Gasteiger partial charge is 0.240 e. The van der Waals surface area contributed by atoms with Crippen LogP contribution in [0.5, 0.6) is 0 Å². The molecule has 0 aliphatic heterocycles. The maximum absolute atomic E-state index is 11.2. The summed E-state index contributed by atoms with van der Waals surface area (Å²) in [6.45, 7) is 1.42. The first kappa shape index (κ1) is 12.4. The van der Waals surface area contributed by atoms with E-state index in [1.54, 1.807) is 7.11 Å². The lowest BCUT2D eigenvalue weighted by molar-refractivity contribution is -0.126. The Morgan fingerprint density at radius 3 is 2.60 bits per heavy atom. The third-order valence-corrected chi connectivity index (χ3v) is 2.74. The zero-order valence-electron chi connectivity index (χ0n) is 9.20. The van der Waals surface area contributed by atoms with Crippen molar-refractivity contribution in [1.29, 1.82) is 0 Å². The monoisotopic (exact) mass is 216 g/mol. The second kappa shape index (κ2) is 5.44. The van der Waals surface area contributed by atoms with Gasteiger partial charge in [0.15, 0.2) is 0 Å². The van der Waals surface area contributed by atoms with Crippen molar-refractivity contribution in [3.63, 3.8) is 0 Å². The molecule has 4 N–H and O–H groups in total. The van der Waals surface area contributed by atoms with Crippen molar-refractivity contribution in [2.75, 3.05) is 26.9 Å². The van der Waals surface area contributed by atoms with Crippen LogP contribution in [0, 0.1) is 5.92 Å². The minimum Gasteiger partial charge on any atom is -0.385 e. The highest BCUT2D eigenvalue weighted by molar-refractivity contribution is 5.85. The number of nitrogens with two attached hydrogens (primary N) is 2. The van der Waals surface area contributed by atoms with Crippen molar-refractivity contribution < 1.29 is 14.3 Å². The minimum absolute atomic E-state index is 0.206. The molecule has 1 aliphatic rings. The van der Waals surface area contributed by atoms with Crippen LogP contribution in [0.4, 0.5) is 0 Å². The lowest BCUT2D eigenvalue weighted by Crippen LogP contribution is -2.57. The average molecular weight is 216 g/mol. The number of carbonyl (C=O) groups is 1. The van der Waals surface area contributed by atoms with Gasteiger partial charge in [0.05, 0.1) is 6.61 Å². The number of amides is 1. The molecule has 88 valence electrons. The number of carbonyl (C=O) groups excluding carboxylic acids is 1. The molecule has 1 saturated carbocycles. The van der Waals surface area contributed by atoms with Crippen LogP contribution >= 0.6 is 0 Å². The predicted octanol–water partition coefficient (Wildman–Crippen LogP) is -0.368. The fraction of sp³-hybridized carbons (Fsp3) is 0.900. The molecular formula is C10H20N2O3. The lowest BCUT2D eigenvalue weighted by Gasteiger charge is -2.25. The maximum Gasteiger partial charge on any atom is 0.240 e. The molecule has 0 aromatic heterocycles. The van der Waals surface area contributed by atoms with Gasteiger partial charge in [0.2, 0.25) is 5.91 Å². The van der Waals surface area contributed by atoms with Gasteiger partial charge in [-0.05, 0) is 25.2 Å². The van der Waals surface area contributed by atoms with Gasteiger partial charge in [-0.1, -0.05) is 0 Å². The highest BCUT2D eigenvalue weighted by Gasteiger charge is 2.47. The molecule has 1 unspecified atom stereocenters. The quantitative estimate of drug-likeness (QED) is 0.542. The average Bonchev–Trinajstić information content (AvgIpc) is 3.00. The van der Waals surface area contributed by atoms with Crippen LogP contribution in [0.3, 0.4) is 0 Å². The summed E-state index contributed by atoms with van der Waals surface area (Å²) in [5, 5.41) is 0. The van der Waals surface area contributed by atoms with Gasteiger partial charge in [-0.25, -0.2) is 0 Å². The fourth-order valence-electron chi connectivity index (χ4n) is 1.54. The van der Waals surface area contributed by atoms with Crippen LogP contribution in [0.1, 0.15) is 19.3 Å².